The summed E-state index contributed by atoms with van der Waals surface area (Å²) in [5, 5.41) is 0.187. The third-order valence-corrected chi connectivity index (χ3v) is 5.65. The molecule has 0 aliphatic carbocycles. The van der Waals surface area contributed by atoms with E-state index >= 15 is 0 Å². The fourth-order valence-corrected chi connectivity index (χ4v) is 3.91. The van der Waals surface area contributed by atoms with E-state index < -0.39 is 33.4 Å². The molecular weight excluding hydrogens is 474 g/mol. The maximum atomic E-state index is 14.6. The van der Waals surface area contributed by atoms with Crippen LogP contribution in [0.5, 0.6) is 5.88 Å². The lowest BCUT2D eigenvalue weighted by atomic mass is 9.99. The van der Waals surface area contributed by atoms with Gasteiger partial charge in [-0.05, 0) is 60.4 Å². The molecular formula is C23H21ClF2N2O4S. The number of nitrogens with zero attached hydrogens (tertiary/aromatic N) is 1. The number of hydrogen-bond donors (Lipinski definition) is 1. The molecule has 0 radical (unpaired) electrons. The predicted octanol–water partition coefficient (Wildman–Crippen LogP) is 5.21. The van der Waals surface area contributed by atoms with E-state index in [2.05, 4.69) is 4.98 Å². The summed E-state index contributed by atoms with van der Waals surface area (Å²) in [5.41, 5.74) is 1.79. The van der Waals surface area contributed by atoms with Crippen molar-refractivity contribution in [2.45, 2.75) is 26.4 Å². The first-order valence-electron chi connectivity index (χ1n) is 9.88. The van der Waals surface area contributed by atoms with Gasteiger partial charge >= 0.3 is 0 Å². The zero-order chi connectivity index (χ0) is 24.3. The van der Waals surface area contributed by atoms with Gasteiger partial charge in [-0.2, -0.15) is 0 Å². The van der Waals surface area contributed by atoms with Crippen molar-refractivity contribution < 1.29 is 26.7 Å². The van der Waals surface area contributed by atoms with Gasteiger partial charge in [0, 0.05) is 11.8 Å². The first-order valence-corrected chi connectivity index (χ1v) is 12.2. The molecule has 0 aliphatic heterocycles. The summed E-state index contributed by atoms with van der Waals surface area (Å²) >= 11 is 6.37. The van der Waals surface area contributed by atoms with E-state index in [1.165, 1.54) is 24.4 Å². The highest BCUT2D eigenvalue weighted by atomic mass is 35.5. The highest BCUT2D eigenvalue weighted by Gasteiger charge is 2.20. The van der Waals surface area contributed by atoms with Gasteiger partial charge in [-0.1, -0.05) is 30.7 Å². The number of benzene rings is 2. The standard InChI is InChI=1S/C23H21ClF2N2O4S/c1-4-21(14-5-7-16(25)8-6-14)32-23-19(24)10-15(12-27-23)17-11-20(26)18(9-13(17)2)22(29)28-33(3,30)31/h5-12,21H,4H2,1-3H3,(H,28,29)/t21-/m0/s1. The summed E-state index contributed by atoms with van der Waals surface area (Å²) in [7, 11) is -3.83. The molecule has 174 valence electrons. The predicted molar refractivity (Wildman–Crippen MR) is 122 cm³/mol. The van der Waals surface area contributed by atoms with E-state index in [0.717, 1.165) is 17.9 Å². The minimum absolute atomic E-state index is 0.166. The van der Waals surface area contributed by atoms with Crippen LogP contribution in [0.4, 0.5) is 8.78 Å². The minimum atomic E-state index is -3.83. The van der Waals surface area contributed by atoms with E-state index in [1.807, 2.05) is 6.92 Å². The first kappa shape index (κ1) is 24.6. The number of aryl methyl sites for hydroxylation is 1. The molecule has 1 amide bonds. The van der Waals surface area contributed by atoms with Gasteiger partial charge in [0.1, 0.15) is 22.8 Å². The number of halogens is 3. The Balaban J connectivity index is 1.88. The number of hydrogen-bond acceptors (Lipinski definition) is 5. The van der Waals surface area contributed by atoms with Crippen LogP contribution in [0.3, 0.4) is 0 Å². The number of carbonyl (C=O) groups excluding carboxylic acids is 1. The number of amides is 1. The third kappa shape index (κ3) is 6.06. The Labute approximate surface area is 195 Å². The lowest BCUT2D eigenvalue weighted by molar-refractivity contribution is 0.0977. The maximum absolute atomic E-state index is 14.6. The average Bonchev–Trinajstić information content (AvgIpc) is 2.73. The summed E-state index contributed by atoms with van der Waals surface area (Å²) < 4.78 is 58.0. The van der Waals surface area contributed by atoms with Gasteiger partial charge in [0.15, 0.2) is 0 Å². The summed E-state index contributed by atoms with van der Waals surface area (Å²) in [4.78, 5) is 16.3. The molecule has 2 aromatic carbocycles. The SMILES string of the molecule is CC[C@H](Oc1ncc(-c2cc(F)c(C(=O)NS(C)(=O)=O)cc2C)cc1Cl)c1ccc(F)cc1. The monoisotopic (exact) mass is 494 g/mol. The highest BCUT2D eigenvalue weighted by molar-refractivity contribution is 7.89. The van der Waals surface area contributed by atoms with Crippen molar-refractivity contribution in [3.8, 4) is 17.0 Å². The van der Waals surface area contributed by atoms with Crippen molar-refractivity contribution in [2.24, 2.45) is 0 Å². The lowest BCUT2D eigenvalue weighted by Crippen LogP contribution is -2.30. The largest absolute Gasteiger partial charge is 0.468 e. The number of pyridine rings is 1. The van der Waals surface area contributed by atoms with Gasteiger partial charge in [-0.15, -0.1) is 0 Å². The van der Waals surface area contributed by atoms with Crippen molar-refractivity contribution in [1.82, 2.24) is 9.71 Å². The Kier molecular flexibility index (Phi) is 7.34. The fraction of sp³-hybridized carbons (Fsp3) is 0.217. The number of aromatic nitrogens is 1. The molecule has 3 rings (SSSR count). The molecule has 0 bridgehead atoms. The molecule has 10 heteroatoms. The maximum Gasteiger partial charge on any atom is 0.267 e. The van der Waals surface area contributed by atoms with Crippen LogP contribution in [0.2, 0.25) is 5.02 Å². The zero-order valence-electron chi connectivity index (χ0n) is 18.0. The quantitative estimate of drug-likeness (QED) is 0.487. The fourth-order valence-electron chi connectivity index (χ4n) is 3.25. The molecule has 1 heterocycles. The lowest BCUT2D eigenvalue weighted by Gasteiger charge is -2.18. The van der Waals surface area contributed by atoms with E-state index in [4.69, 9.17) is 16.3 Å². The molecule has 1 N–H and O–H groups in total. The molecule has 33 heavy (non-hydrogen) atoms. The molecule has 1 atom stereocenters. The van der Waals surface area contributed by atoms with Crippen molar-refractivity contribution in [3.05, 3.63) is 82.0 Å². The van der Waals surface area contributed by atoms with Gasteiger partial charge in [-0.25, -0.2) is 26.9 Å². The number of ether oxygens (including phenoxy) is 1. The number of sulfonamides is 1. The van der Waals surface area contributed by atoms with Gasteiger partial charge in [0.2, 0.25) is 15.9 Å². The van der Waals surface area contributed by atoms with Crippen LogP contribution in [0, 0.1) is 18.6 Å². The van der Waals surface area contributed by atoms with Gasteiger partial charge in [0.05, 0.1) is 11.8 Å². The second kappa shape index (κ2) is 9.84. The van der Waals surface area contributed by atoms with E-state index in [9.17, 15) is 22.0 Å². The topological polar surface area (TPSA) is 85.4 Å². The van der Waals surface area contributed by atoms with Crippen LogP contribution in [0.15, 0.2) is 48.7 Å². The molecule has 1 aromatic heterocycles. The smallest absolute Gasteiger partial charge is 0.267 e. The third-order valence-electron chi connectivity index (χ3n) is 4.82. The van der Waals surface area contributed by atoms with Crippen molar-refractivity contribution in [3.63, 3.8) is 0 Å². The number of carbonyl (C=O) groups is 1. The number of rotatable bonds is 7. The highest BCUT2D eigenvalue weighted by Crippen LogP contribution is 2.34. The van der Waals surface area contributed by atoms with Crippen molar-refractivity contribution in [2.75, 3.05) is 6.26 Å². The van der Waals surface area contributed by atoms with Gasteiger partial charge < -0.3 is 4.74 Å². The van der Waals surface area contributed by atoms with Crippen LogP contribution in [-0.4, -0.2) is 25.6 Å². The van der Waals surface area contributed by atoms with Crippen LogP contribution in [0.25, 0.3) is 11.1 Å². The number of nitrogens with one attached hydrogen (secondary N) is 1. The van der Waals surface area contributed by atoms with Crippen LogP contribution < -0.4 is 9.46 Å². The Hall–Kier alpha value is -3.04. The second-order valence-corrected chi connectivity index (χ2v) is 9.58. The molecule has 0 saturated heterocycles. The van der Waals surface area contributed by atoms with Crippen LogP contribution in [-0.2, 0) is 10.0 Å². The van der Waals surface area contributed by atoms with Crippen molar-refractivity contribution in [1.29, 1.82) is 0 Å². The van der Waals surface area contributed by atoms with E-state index in [0.29, 0.717) is 23.1 Å². The van der Waals surface area contributed by atoms with Gasteiger partial charge in [0.25, 0.3) is 5.91 Å². The first-order chi connectivity index (χ1) is 15.5. The van der Waals surface area contributed by atoms with E-state index in [1.54, 1.807) is 29.8 Å². The Morgan fingerprint density at radius 1 is 1.18 bits per heavy atom. The molecule has 0 saturated carbocycles. The summed E-state index contributed by atoms with van der Waals surface area (Å²) in [6.07, 6.45) is 2.46. The van der Waals surface area contributed by atoms with E-state index in [-0.39, 0.29) is 16.7 Å². The average molecular weight is 495 g/mol. The molecule has 0 unspecified atom stereocenters. The normalized spacial score (nSPS) is 12.3. The van der Waals surface area contributed by atoms with Crippen molar-refractivity contribution >= 4 is 27.5 Å². The Morgan fingerprint density at radius 2 is 1.85 bits per heavy atom. The Morgan fingerprint density at radius 3 is 2.42 bits per heavy atom. The summed E-state index contributed by atoms with van der Waals surface area (Å²) in [6.45, 7) is 3.55. The molecule has 3 aromatic rings. The zero-order valence-corrected chi connectivity index (χ0v) is 19.6. The minimum Gasteiger partial charge on any atom is -0.468 e. The van der Waals surface area contributed by atoms with Crippen LogP contribution in [0.1, 0.15) is 40.9 Å². The molecule has 0 fully saturated rings. The Bertz CT molecular complexity index is 1300. The molecule has 0 spiro atoms. The molecule has 0 aliphatic rings. The summed E-state index contributed by atoms with van der Waals surface area (Å²) in [5.74, 6) is -2.14. The van der Waals surface area contributed by atoms with Crippen LogP contribution >= 0.6 is 11.6 Å². The second-order valence-electron chi connectivity index (χ2n) is 7.43. The van der Waals surface area contributed by atoms with Gasteiger partial charge in [-0.3, -0.25) is 4.79 Å². The summed E-state index contributed by atoms with van der Waals surface area (Å²) in [6, 6.07) is 9.87. The molecule has 6 nitrogen and oxygen atoms in total.